The Morgan fingerprint density at radius 1 is 0.935 bits per heavy atom. The highest BCUT2D eigenvalue weighted by Gasteiger charge is 2.54. The van der Waals surface area contributed by atoms with Gasteiger partial charge in [0.1, 0.15) is 47.3 Å². The van der Waals surface area contributed by atoms with Gasteiger partial charge in [0.2, 0.25) is 0 Å². The Balaban J connectivity index is 1.09. The Kier molecular flexibility index (Phi) is 19.2. The maximum Gasteiger partial charge on any atom is 0.414 e. The van der Waals surface area contributed by atoms with E-state index >= 15 is 4.39 Å². The van der Waals surface area contributed by atoms with Gasteiger partial charge in [-0.25, -0.2) is 13.9 Å². The van der Waals surface area contributed by atoms with Crippen LogP contribution in [0.4, 0.5) is 20.6 Å². The molecule has 1 aromatic heterocycles. The number of aliphatic hydroxyl groups is 5. The summed E-state index contributed by atoms with van der Waals surface area (Å²) < 4.78 is 65.6. The van der Waals surface area contributed by atoms with Crippen LogP contribution in [0.15, 0.2) is 30.6 Å². The number of ether oxygens (including phenoxy) is 8. The fourth-order valence-electron chi connectivity index (χ4n) is 11.8. The van der Waals surface area contributed by atoms with E-state index in [0.29, 0.717) is 49.8 Å². The summed E-state index contributed by atoms with van der Waals surface area (Å²) in [5, 5.41) is 67.8. The van der Waals surface area contributed by atoms with E-state index < -0.39 is 138 Å². The molecule has 5 fully saturated rings. The van der Waals surface area contributed by atoms with Gasteiger partial charge in [0.15, 0.2) is 12.6 Å². The number of halogens is 1. The predicted molar refractivity (Wildman–Crippen MR) is 276 cm³/mol. The Morgan fingerprint density at radius 2 is 1.64 bits per heavy atom. The molecule has 5 saturated heterocycles. The lowest BCUT2D eigenvalue weighted by atomic mass is 9.74. The van der Waals surface area contributed by atoms with Gasteiger partial charge in [0.25, 0.3) is 0 Å². The molecule has 0 spiro atoms. The minimum Gasteiger partial charge on any atom is -0.459 e. The second-order valence-corrected chi connectivity index (χ2v) is 22.7. The lowest BCUT2D eigenvalue weighted by Gasteiger charge is -2.49. The summed E-state index contributed by atoms with van der Waals surface area (Å²) in [6, 6.07) is 4.07. The standard InChI is InChI=1S/C54H83FN6O16/c1-13-41-54(10,69)46(64)31(4)43(62)29(2)24-52(8,68)48(32(5)45(33(6)49(66)75-41)76-42-25-53(9,70-12)47(65)34(7)73-42)77-50-44(63)40(22-30(3)72-50)58(11)17-16-35-26-60(57-56-35)27-37-28-61(51(67)74-37)36-14-15-39(38(55)23-36)59-18-20-71-21-19-59/h14-17,23,26,29-34,37,40-42,44-48,50,63-65,68-69H,13,18-22,24-25,27-28H2,1-12H3/b17-16-/t29-,30-,31+,32+,33-,34+,37+,40+,41-,42+,44-,45+,46-,47+,48-,50+,52-,53-,54-/m1/s1. The van der Waals surface area contributed by atoms with E-state index in [-0.39, 0.29) is 32.4 Å². The van der Waals surface area contributed by atoms with Crippen molar-refractivity contribution in [1.82, 2.24) is 19.9 Å². The predicted octanol–water partition coefficient (Wildman–Crippen LogP) is 3.42. The fraction of sp³-hybridized carbons (Fsp3) is 0.759. The zero-order valence-corrected chi connectivity index (χ0v) is 46.6. The van der Waals surface area contributed by atoms with Crippen molar-refractivity contribution in [3.63, 3.8) is 0 Å². The second kappa shape index (κ2) is 24.5. The van der Waals surface area contributed by atoms with Gasteiger partial charge in [-0.3, -0.25) is 14.5 Å². The molecule has 1 aromatic carbocycles. The Labute approximate surface area is 450 Å². The topological polar surface area (TPSA) is 267 Å². The third kappa shape index (κ3) is 13.3. The van der Waals surface area contributed by atoms with Gasteiger partial charge in [0, 0.05) is 57.6 Å². The maximum absolute atomic E-state index is 15.2. The van der Waals surface area contributed by atoms with E-state index in [9.17, 15) is 39.9 Å². The molecule has 1 amide bonds. The van der Waals surface area contributed by atoms with Gasteiger partial charge >= 0.3 is 12.1 Å². The van der Waals surface area contributed by atoms with Crippen LogP contribution in [0.2, 0.25) is 0 Å². The molecule has 0 aliphatic carbocycles. The van der Waals surface area contributed by atoms with E-state index in [0.717, 1.165) is 0 Å². The van der Waals surface area contributed by atoms with Crippen molar-refractivity contribution < 1.29 is 82.2 Å². The molecule has 432 valence electrons. The number of carbonyl (C=O) groups is 3. The van der Waals surface area contributed by atoms with Crippen LogP contribution >= 0.6 is 0 Å². The molecule has 7 rings (SSSR count). The van der Waals surface area contributed by atoms with E-state index in [4.69, 9.17) is 37.9 Å². The molecule has 19 atom stereocenters. The molecule has 5 aliphatic rings. The molecule has 0 saturated carbocycles. The smallest absolute Gasteiger partial charge is 0.414 e. The van der Waals surface area contributed by atoms with Gasteiger partial charge in [0.05, 0.1) is 97.6 Å². The summed E-state index contributed by atoms with van der Waals surface area (Å²) in [6.07, 6.45) is -7.36. The average Bonchev–Trinajstić information content (AvgIpc) is 4.01. The number of ketones is 1. The zero-order valence-electron chi connectivity index (χ0n) is 46.6. The summed E-state index contributed by atoms with van der Waals surface area (Å²) in [6.45, 7) is 18.6. The number of Topliss-reactive ketones (excluding diaryl/α,β-unsaturated/α-hetero) is 1. The highest BCUT2D eigenvalue weighted by atomic mass is 19.1. The van der Waals surface area contributed by atoms with Crippen LogP contribution in [-0.2, 0) is 54.0 Å². The first-order chi connectivity index (χ1) is 36.2. The van der Waals surface area contributed by atoms with Crippen LogP contribution in [0.3, 0.4) is 0 Å². The number of aliphatic hydroxyl groups excluding tert-OH is 3. The number of rotatable bonds is 13. The molecule has 5 aliphatic heterocycles. The average molecular weight is 1090 g/mol. The van der Waals surface area contributed by atoms with Crippen LogP contribution in [0.5, 0.6) is 0 Å². The van der Waals surface area contributed by atoms with Gasteiger partial charge in [-0.15, -0.1) is 5.10 Å². The number of nitrogens with zero attached hydrogens (tertiary/aromatic N) is 6. The maximum atomic E-state index is 15.2. The lowest BCUT2D eigenvalue weighted by molar-refractivity contribution is -0.317. The zero-order chi connectivity index (χ0) is 56.5. The first-order valence-electron chi connectivity index (χ1n) is 27.0. The van der Waals surface area contributed by atoms with Crippen LogP contribution in [0, 0.1) is 29.5 Å². The summed E-state index contributed by atoms with van der Waals surface area (Å²) in [4.78, 5) is 46.6. The molecular formula is C54H83FN6O16. The summed E-state index contributed by atoms with van der Waals surface area (Å²) >= 11 is 0. The van der Waals surface area contributed by atoms with E-state index in [1.807, 2.05) is 11.8 Å². The molecular weight excluding hydrogens is 1010 g/mol. The monoisotopic (exact) mass is 1090 g/mol. The third-order valence-electron chi connectivity index (χ3n) is 16.6. The molecule has 77 heavy (non-hydrogen) atoms. The van der Waals surface area contributed by atoms with Crippen molar-refractivity contribution in [3.05, 3.63) is 42.1 Å². The molecule has 0 unspecified atom stereocenters. The highest BCUT2D eigenvalue weighted by Crippen LogP contribution is 2.41. The van der Waals surface area contributed by atoms with Gasteiger partial charge < -0.3 is 73.2 Å². The number of carbonyl (C=O) groups excluding carboxylic acids is 3. The fourth-order valence-corrected chi connectivity index (χ4v) is 11.8. The van der Waals surface area contributed by atoms with Crippen molar-refractivity contribution in [2.45, 2.75) is 192 Å². The van der Waals surface area contributed by atoms with Crippen molar-refractivity contribution in [2.24, 2.45) is 23.7 Å². The van der Waals surface area contributed by atoms with E-state index in [1.165, 1.54) is 38.8 Å². The second-order valence-electron chi connectivity index (χ2n) is 22.7. The van der Waals surface area contributed by atoms with Crippen molar-refractivity contribution in [2.75, 3.05) is 56.8 Å². The number of morpholine rings is 1. The number of benzene rings is 1. The first-order valence-corrected chi connectivity index (χ1v) is 27.0. The quantitative estimate of drug-likeness (QED) is 0.180. The number of likely N-dealkylation sites (N-methyl/N-ethyl adjacent to an activating group) is 1. The molecule has 0 radical (unpaired) electrons. The first kappa shape index (κ1) is 60.2. The minimum absolute atomic E-state index is 0.0353. The normalized spacial score (nSPS) is 40.1. The van der Waals surface area contributed by atoms with E-state index in [1.54, 1.807) is 88.8 Å². The molecule has 5 N–H and O–H groups in total. The number of cyclic esters (lactones) is 2. The summed E-state index contributed by atoms with van der Waals surface area (Å²) in [5.41, 5.74) is -3.81. The number of anilines is 2. The number of methoxy groups -OCH3 is 1. The Morgan fingerprint density at radius 3 is 2.30 bits per heavy atom. The SMILES string of the molecule is CC[C@H]1OC(=O)[C@H](C)[C@@H](O[C@H]2C[C@@](C)(OC)[C@@H](O)[C@H](C)O2)[C@H](C)[C@@H](O[C@@H]2O[C@H](C)C[C@H](N(C)/C=C\c3cn(C[C@H]4CN(c5ccc(N6CCOCC6)c(F)c5)C(=O)O4)nn3)[C@H]2O)[C@](C)(O)C[C@@H](C)C(=O)[C@H](C)[C@@H](O)[C@]1(C)O. The third-order valence-corrected chi connectivity index (χ3v) is 16.6. The number of esters is 1. The number of hydrogen-bond acceptors (Lipinski definition) is 20. The summed E-state index contributed by atoms with van der Waals surface area (Å²) in [7, 11) is 3.23. The van der Waals surface area contributed by atoms with E-state index in [2.05, 4.69) is 10.3 Å². The van der Waals surface area contributed by atoms with Gasteiger partial charge in [-0.1, -0.05) is 32.9 Å². The number of amides is 1. The van der Waals surface area contributed by atoms with Crippen molar-refractivity contribution in [1.29, 1.82) is 0 Å². The number of hydrogen-bond donors (Lipinski definition) is 5. The van der Waals surface area contributed by atoms with Crippen LogP contribution < -0.4 is 9.80 Å². The lowest BCUT2D eigenvalue weighted by Crippen LogP contribution is -2.61. The summed E-state index contributed by atoms with van der Waals surface area (Å²) in [5.74, 6) is -5.88. The van der Waals surface area contributed by atoms with Crippen LogP contribution in [-0.4, -0.2) is 201 Å². The molecule has 6 heterocycles. The minimum atomic E-state index is -2.06. The highest BCUT2D eigenvalue weighted by molar-refractivity contribution is 5.90. The van der Waals surface area contributed by atoms with Crippen molar-refractivity contribution in [3.8, 4) is 0 Å². The molecule has 2 aromatic rings. The van der Waals surface area contributed by atoms with Gasteiger partial charge in [-0.2, -0.15) is 0 Å². The van der Waals surface area contributed by atoms with Crippen LogP contribution in [0.1, 0.15) is 101 Å². The molecule has 22 nitrogen and oxygen atoms in total. The van der Waals surface area contributed by atoms with Gasteiger partial charge in [-0.05, 0) is 85.1 Å². The number of aromatic nitrogens is 3. The Hall–Kier alpha value is -4.40. The van der Waals surface area contributed by atoms with Crippen molar-refractivity contribution >= 4 is 35.3 Å². The van der Waals surface area contributed by atoms with Crippen LogP contribution in [0.25, 0.3) is 6.08 Å². The molecule has 0 bridgehead atoms. The largest absolute Gasteiger partial charge is 0.459 e. The Bertz CT molecular complexity index is 2370. The molecule has 23 heteroatoms.